The minimum atomic E-state index is -4.82. The van der Waals surface area contributed by atoms with Crippen LogP contribution in [0.15, 0.2) is 23.8 Å². The molecule has 1 aliphatic carbocycles. The van der Waals surface area contributed by atoms with Crippen molar-refractivity contribution in [2.45, 2.75) is 33.4 Å². The summed E-state index contributed by atoms with van der Waals surface area (Å²) < 4.78 is 34.6. The van der Waals surface area contributed by atoms with E-state index in [1.165, 1.54) is 25.2 Å². The highest BCUT2D eigenvalue weighted by Gasteiger charge is 2.38. The molecule has 1 rings (SSSR count). The standard InChI is InChI=1S/C9H10O4.C6H11F3N2O/c1-9(8(12)13)4-2-3-6(5-9)7(10)11;1-4(2)3-10-11-5(12)6(7,8)9/h2-4H,5H2,1H3,(H,10,11)(H,12,13);4,10H,3H2,1-2H3,(H,11,12). The highest BCUT2D eigenvalue weighted by Crippen LogP contribution is 2.31. The first-order valence-electron chi connectivity index (χ1n) is 7.24. The first-order chi connectivity index (χ1) is 11.3. The number of amides is 1. The van der Waals surface area contributed by atoms with E-state index in [9.17, 15) is 27.6 Å². The summed E-state index contributed by atoms with van der Waals surface area (Å²) in [5.41, 5.74) is 2.76. The van der Waals surface area contributed by atoms with Crippen LogP contribution in [0.1, 0.15) is 27.2 Å². The molecule has 0 fully saturated rings. The molecule has 0 radical (unpaired) electrons. The Morgan fingerprint density at radius 1 is 1.28 bits per heavy atom. The van der Waals surface area contributed by atoms with Crippen molar-refractivity contribution in [2.75, 3.05) is 6.54 Å². The highest BCUT2D eigenvalue weighted by molar-refractivity contribution is 5.90. The average molecular weight is 366 g/mol. The molecule has 0 bridgehead atoms. The lowest BCUT2D eigenvalue weighted by Gasteiger charge is -2.23. The van der Waals surface area contributed by atoms with Crippen molar-refractivity contribution < 1.29 is 37.8 Å². The third kappa shape index (κ3) is 8.34. The minimum absolute atomic E-state index is 0.0359. The second-order valence-corrected chi connectivity index (χ2v) is 5.98. The van der Waals surface area contributed by atoms with Crippen molar-refractivity contribution in [1.29, 1.82) is 0 Å². The molecule has 0 spiro atoms. The summed E-state index contributed by atoms with van der Waals surface area (Å²) in [7, 11) is 0. The summed E-state index contributed by atoms with van der Waals surface area (Å²) in [6.45, 7) is 5.43. The smallest absolute Gasteiger partial charge is 0.472 e. The molecule has 1 unspecified atom stereocenters. The quantitative estimate of drug-likeness (QED) is 0.552. The lowest BCUT2D eigenvalue weighted by Crippen LogP contribution is -2.46. The van der Waals surface area contributed by atoms with E-state index in [1.54, 1.807) is 5.43 Å². The Hall–Kier alpha value is -2.36. The fraction of sp³-hybridized carbons (Fsp3) is 0.533. The zero-order valence-electron chi connectivity index (χ0n) is 14.0. The molecule has 0 aromatic heterocycles. The molecule has 1 atom stereocenters. The maximum absolute atomic E-state index is 11.5. The average Bonchev–Trinajstić information content (AvgIpc) is 2.46. The summed E-state index contributed by atoms with van der Waals surface area (Å²) in [4.78, 5) is 31.5. The number of carboxylic acid groups (broad SMARTS) is 2. The van der Waals surface area contributed by atoms with E-state index in [0.717, 1.165) is 0 Å². The summed E-state index contributed by atoms with van der Waals surface area (Å²) in [5, 5.41) is 17.5. The van der Waals surface area contributed by atoms with Crippen LogP contribution in [-0.2, 0) is 14.4 Å². The number of hydrogen-bond acceptors (Lipinski definition) is 4. The predicted molar refractivity (Wildman–Crippen MR) is 82.3 cm³/mol. The number of aliphatic carboxylic acids is 2. The first-order valence-corrected chi connectivity index (χ1v) is 7.24. The maximum Gasteiger partial charge on any atom is 0.472 e. The van der Waals surface area contributed by atoms with Gasteiger partial charge in [-0.25, -0.2) is 10.2 Å². The van der Waals surface area contributed by atoms with E-state index in [2.05, 4.69) is 5.43 Å². The third-order valence-electron chi connectivity index (χ3n) is 3.05. The number of halogens is 3. The fourth-order valence-electron chi connectivity index (χ4n) is 1.59. The van der Waals surface area contributed by atoms with Gasteiger partial charge < -0.3 is 10.2 Å². The van der Waals surface area contributed by atoms with Crippen LogP contribution in [0, 0.1) is 11.3 Å². The second-order valence-electron chi connectivity index (χ2n) is 5.98. The van der Waals surface area contributed by atoms with Crippen LogP contribution >= 0.6 is 0 Å². The van der Waals surface area contributed by atoms with Crippen LogP contribution in [0.5, 0.6) is 0 Å². The van der Waals surface area contributed by atoms with Gasteiger partial charge in [-0.1, -0.05) is 32.1 Å². The van der Waals surface area contributed by atoms with Crippen molar-refractivity contribution in [2.24, 2.45) is 11.3 Å². The Kier molecular flexibility index (Phi) is 8.34. The molecule has 0 saturated heterocycles. The van der Waals surface area contributed by atoms with Crippen LogP contribution in [-0.4, -0.2) is 40.8 Å². The SMILES string of the molecule is CC(C)CNNC(=O)C(F)(F)F.CC1(C(=O)O)C=CC=C(C(=O)O)C1. The summed E-state index contributed by atoms with van der Waals surface area (Å²) in [5.74, 6) is -3.85. The predicted octanol–water partition coefficient (Wildman–Crippen LogP) is 1.87. The van der Waals surface area contributed by atoms with E-state index in [1.807, 2.05) is 13.8 Å². The van der Waals surface area contributed by atoms with Crippen LogP contribution in [0.4, 0.5) is 13.2 Å². The van der Waals surface area contributed by atoms with Crippen molar-refractivity contribution >= 4 is 17.8 Å². The normalized spacial score (nSPS) is 19.6. The van der Waals surface area contributed by atoms with E-state index < -0.39 is 29.4 Å². The summed E-state index contributed by atoms with van der Waals surface area (Å²) in [6, 6.07) is 0. The lowest BCUT2D eigenvalue weighted by atomic mass is 9.80. The minimum Gasteiger partial charge on any atom is -0.481 e. The lowest BCUT2D eigenvalue weighted by molar-refractivity contribution is -0.174. The number of allylic oxidation sites excluding steroid dienone is 2. The number of rotatable bonds is 5. The Labute approximate surface area is 142 Å². The second kappa shape index (κ2) is 9.21. The van der Waals surface area contributed by atoms with Gasteiger partial charge >= 0.3 is 24.0 Å². The molecule has 10 heteroatoms. The maximum atomic E-state index is 11.5. The van der Waals surface area contributed by atoms with Gasteiger partial charge in [-0.2, -0.15) is 13.2 Å². The molecular formula is C15H21F3N2O5. The molecule has 4 N–H and O–H groups in total. The van der Waals surface area contributed by atoms with Crippen molar-refractivity contribution in [3.05, 3.63) is 23.8 Å². The van der Waals surface area contributed by atoms with E-state index in [-0.39, 0.29) is 17.9 Å². The summed E-state index contributed by atoms with van der Waals surface area (Å²) in [6.07, 6.45) is -0.381. The largest absolute Gasteiger partial charge is 0.481 e. The zero-order chi connectivity index (χ0) is 19.8. The fourth-order valence-corrected chi connectivity index (χ4v) is 1.59. The number of carboxylic acids is 2. The third-order valence-corrected chi connectivity index (χ3v) is 3.05. The van der Waals surface area contributed by atoms with Gasteiger partial charge in [0.25, 0.3) is 0 Å². The number of alkyl halides is 3. The Morgan fingerprint density at radius 2 is 1.84 bits per heavy atom. The number of nitrogens with one attached hydrogen (secondary N) is 2. The molecule has 1 amide bonds. The summed E-state index contributed by atoms with van der Waals surface area (Å²) >= 11 is 0. The first kappa shape index (κ1) is 22.6. The van der Waals surface area contributed by atoms with Gasteiger partial charge in [0.2, 0.25) is 0 Å². The van der Waals surface area contributed by atoms with Gasteiger partial charge in [-0.15, -0.1) is 0 Å². The van der Waals surface area contributed by atoms with Gasteiger partial charge in [0, 0.05) is 12.1 Å². The molecule has 0 aromatic carbocycles. The van der Waals surface area contributed by atoms with Gasteiger partial charge in [-0.3, -0.25) is 15.0 Å². The van der Waals surface area contributed by atoms with Gasteiger partial charge in [0.1, 0.15) is 0 Å². The molecular weight excluding hydrogens is 345 g/mol. The monoisotopic (exact) mass is 366 g/mol. The molecule has 7 nitrogen and oxygen atoms in total. The highest BCUT2D eigenvalue weighted by atomic mass is 19.4. The van der Waals surface area contributed by atoms with Gasteiger partial charge in [0.05, 0.1) is 5.41 Å². The molecule has 0 heterocycles. The van der Waals surface area contributed by atoms with E-state index >= 15 is 0 Å². The molecule has 25 heavy (non-hydrogen) atoms. The van der Waals surface area contributed by atoms with Gasteiger partial charge in [-0.05, 0) is 19.3 Å². The number of carbonyl (C=O) groups excluding carboxylic acids is 1. The molecule has 0 aliphatic heterocycles. The van der Waals surface area contributed by atoms with Crippen molar-refractivity contribution in [3.8, 4) is 0 Å². The number of hydrazine groups is 1. The Balaban J connectivity index is 0.000000463. The van der Waals surface area contributed by atoms with Crippen molar-refractivity contribution in [1.82, 2.24) is 10.9 Å². The van der Waals surface area contributed by atoms with Gasteiger partial charge in [0.15, 0.2) is 0 Å². The molecule has 0 aromatic rings. The van der Waals surface area contributed by atoms with Crippen molar-refractivity contribution in [3.63, 3.8) is 0 Å². The number of carbonyl (C=O) groups is 3. The molecule has 0 saturated carbocycles. The zero-order valence-corrected chi connectivity index (χ0v) is 14.0. The van der Waals surface area contributed by atoms with E-state index in [0.29, 0.717) is 6.54 Å². The van der Waals surface area contributed by atoms with Crippen LogP contribution < -0.4 is 10.9 Å². The molecule has 142 valence electrons. The van der Waals surface area contributed by atoms with Crippen LogP contribution in [0.2, 0.25) is 0 Å². The Bertz CT molecular complexity index is 570. The van der Waals surface area contributed by atoms with Crippen LogP contribution in [0.25, 0.3) is 0 Å². The Morgan fingerprint density at radius 3 is 2.24 bits per heavy atom. The number of hydrogen-bond donors (Lipinski definition) is 4. The topological polar surface area (TPSA) is 116 Å². The molecule has 1 aliphatic rings. The van der Waals surface area contributed by atoms with E-state index in [4.69, 9.17) is 10.2 Å². The van der Waals surface area contributed by atoms with Crippen LogP contribution in [0.3, 0.4) is 0 Å².